The van der Waals surface area contributed by atoms with E-state index < -0.39 is 0 Å². The van der Waals surface area contributed by atoms with Crippen molar-refractivity contribution in [3.8, 4) is 23.0 Å². The third-order valence-corrected chi connectivity index (χ3v) is 9.37. The molecular weight excluding hydrogens is 755 g/mol. The van der Waals surface area contributed by atoms with Gasteiger partial charge in [-0.25, -0.2) is 0 Å². The molecule has 0 atom stereocenters. The summed E-state index contributed by atoms with van der Waals surface area (Å²) < 4.78 is 13.0. The number of nitrogens with one attached hydrogen (secondary N) is 3. The maximum absolute atomic E-state index is 11.9. The molecule has 0 spiro atoms. The van der Waals surface area contributed by atoms with Gasteiger partial charge in [-0.05, 0) is 91.3 Å². The summed E-state index contributed by atoms with van der Waals surface area (Å²) in [5.74, 6) is 2.62. The van der Waals surface area contributed by atoms with E-state index in [4.69, 9.17) is 9.47 Å². The summed E-state index contributed by atoms with van der Waals surface area (Å²) in [7, 11) is 4.30. The SMILES string of the molecule is CN1CCN(c2cccc(Oc3cc(=O)[nH]c4ccccc34)c2)CC1.CN1CCNCC1.O=c1cc(Oc2cccc(I)c2)c2ccccc2[nH]1. The summed E-state index contributed by atoms with van der Waals surface area (Å²) in [6.45, 7) is 8.88. The lowest BCUT2D eigenvalue weighted by Crippen LogP contribution is -2.44. The molecule has 0 aliphatic carbocycles. The van der Waals surface area contributed by atoms with Crippen LogP contribution < -0.4 is 30.8 Å². The third-order valence-electron chi connectivity index (χ3n) is 8.70. The highest BCUT2D eigenvalue weighted by Gasteiger charge is 2.15. The van der Waals surface area contributed by atoms with Gasteiger partial charge in [-0.3, -0.25) is 9.59 Å². The molecule has 0 radical (unpaired) electrons. The molecule has 2 fully saturated rings. The van der Waals surface area contributed by atoms with Gasteiger partial charge in [0.25, 0.3) is 11.1 Å². The van der Waals surface area contributed by atoms with Crippen molar-refractivity contribution < 1.29 is 9.47 Å². The fraction of sp³-hybridized carbons (Fsp3) is 0.250. The highest BCUT2D eigenvalue weighted by Crippen LogP contribution is 2.31. The molecular formula is C40H43IN6O4. The minimum Gasteiger partial charge on any atom is -0.456 e. The fourth-order valence-electron chi connectivity index (χ4n) is 5.88. The summed E-state index contributed by atoms with van der Waals surface area (Å²) in [6.07, 6.45) is 0. The lowest BCUT2D eigenvalue weighted by molar-refractivity contribution is 0.291. The summed E-state index contributed by atoms with van der Waals surface area (Å²) in [5.41, 5.74) is 2.37. The van der Waals surface area contributed by atoms with E-state index >= 15 is 0 Å². The third kappa shape index (κ3) is 10.2. The van der Waals surface area contributed by atoms with Crippen molar-refractivity contribution in [3.05, 3.63) is 133 Å². The number of hydrogen-bond acceptors (Lipinski definition) is 8. The molecule has 0 bridgehead atoms. The second-order valence-corrected chi connectivity index (χ2v) is 13.8. The maximum atomic E-state index is 11.9. The molecule has 4 aromatic carbocycles. The predicted octanol–water partition coefficient (Wildman–Crippen LogP) is 6.52. The number of rotatable bonds is 5. The number of aromatic amines is 2. The molecule has 0 saturated carbocycles. The van der Waals surface area contributed by atoms with Gasteiger partial charge in [0.15, 0.2) is 0 Å². The summed E-state index contributed by atoms with van der Waals surface area (Å²) >= 11 is 2.22. The minimum atomic E-state index is -0.167. The molecule has 10 nitrogen and oxygen atoms in total. The van der Waals surface area contributed by atoms with Crippen molar-refractivity contribution in [2.24, 2.45) is 0 Å². The van der Waals surface area contributed by atoms with Crippen LogP contribution in [0, 0.1) is 3.57 Å². The van der Waals surface area contributed by atoms with Gasteiger partial charge >= 0.3 is 0 Å². The van der Waals surface area contributed by atoms with E-state index in [0.29, 0.717) is 11.5 Å². The quantitative estimate of drug-likeness (QED) is 0.170. The first kappa shape index (κ1) is 36.1. The van der Waals surface area contributed by atoms with E-state index in [1.54, 1.807) is 0 Å². The number of H-pyrrole nitrogens is 2. The van der Waals surface area contributed by atoms with Crippen LogP contribution >= 0.6 is 22.6 Å². The van der Waals surface area contributed by atoms with Gasteiger partial charge in [0, 0.05) is 90.6 Å². The summed E-state index contributed by atoms with van der Waals surface area (Å²) in [5, 5.41) is 5.06. The number of aromatic nitrogens is 2. The topological polar surface area (TPSA) is 106 Å². The second-order valence-electron chi connectivity index (χ2n) is 12.6. The zero-order chi connectivity index (χ0) is 35.6. The van der Waals surface area contributed by atoms with E-state index in [1.807, 2.05) is 91.0 Å². The molecule has 4 heterocycles. The molecule has 264 valence electrons. The minimum absolute atomic E-state index is 0.163. The monoisotopic (exact) mass is 798 g/mol. The Kier molecular flexibility index (Phi) is 12.4. The van der Waals surface area contributed by atoms with Gasteiger partial charge in [0.1, 0.15) is 23.0 Å². The average molecular weight is 799 g/mol. The Morgan fingerprint density at radius 1 is 0.569 bits per heavy atom. The number of hydrogen-bond donors (Lipinski definition) is 3. The largest absolute Gasteiger partial charge is 0.456 e. The van der Waals surface area contributed by atoms with Crippen molar-refractivity contribution >= 4 is 50.1 Å². The molecule has 0 unspecified atom stereocenters. The number of piperazine rings is 2. The normalized spacial score (nSPS) is 15.0. The molecule has 11 heteroatoms. The molecule has 8 rings (SSSR count). The van der Waals surface area contributed by atoms with Gasteiger partial charge < -0.3 is 39.5 Å². The number of fused-ring (bicyclic) bond motifs is 2. The molecule has 2 aliphatic heterocycles. The Hall–Kier alpha value is -4.69. The van der Waals surface area contributed by atoms with Gasteiger partial charge in [-0.15, -0.1) is 0 Å². The molecule has 0 amide bonds. The number of likely N-dealkylation sites (N-methyl/N-ethyl adjacent to an activating group) is 2. The first-order valence-electron chi connectivity index (χ1n) is 17.1. The van der Waals surface area contributed by atoms with Crippen LogP contribution in [0.15, 0.2) is 119 Å². The Morgan fingerprint density at radius 2 is 1.08 bits per heavy atom. The number of benzene rings is 4. The molecule has 2 saturated heterocycles. The number of ether oxygens (including phenoxy) is 2. The lowest BCUT2D eigenvalue weighted by Gasteiger charge is -2.34. The number of nitrogens with zero attached hydrogens (tertiary/aromatic N) is 3. The standard InChI is InChI=1S/C20H21N3O2.C15H10INO2.C5H12N2/c1-22-9-11-23(12-10-22)15-5-4-6-16(13-15)25-19-14-20(24)21-18-8-3-2-7-17(18)19;16-10-4-3-5-11(8-10)19-14-9-15(18)17-13-7-2-1-6-12(13)14;1-7-4-2-6-3-5-7/h2-8,13-14H,9-12H2,1H3,(H,21,24);1-9H,(H,17,18);6H,2-5H2,1H3. The van der Waals surface area contributed by atoms with Crippen molar-refractivity contribution in [2.75, 3.05) is 71.4 Å². The van der Waals surface area contributed by atoms with Crippen LogP contribution in [0.3, 0.4) is 0 Å². The number of pyridine rings is 2. The van der Waals surface area contributed by atoms with Crippen LogP contribution in [-0.2, 0) is 0 Å². The average Bonchev–Trinajstić information content (AvgIpc) is 3.13. The van der Waals surface area contributed by atoms with Crippen LogP contribution in [-0.4, -0.2) is 86.2 Å². The van der Waals surface area contributed by atoms with Crippen molar-refractivity contribution in [1.82, 2.24) is 25.1 Å². The number of anilines is 1. The number of halogens is 1. The van der Waals surface area contributed by atoms with Gasteiger partial charge in [0.05, 0.1) is 11.0 Å². The van der Waals surface area contributed by atoms with Crippen molar-refractivity contribution in [2.45, 2.75) is 0 Å². The maximum Gasteiger partial charge on any atom is 0.252 e. The zero-order valence-electron chi connectivity index (χ0n) is 28.9. The van der Waals surface area contributed by atoms with Gasteiger partial charge in [0.2, 0.25) is 0 Å². The second kappa shape index (κ2) is 17.5. The Balaban J connectivity index is 0.000000151. The highest BCUT2D eigenvalue weighted by molar-refractivity contribution is 14.1. The molecule has 2 aromatic heterocycles. The van der Waals surface area contributed by atoms with Crippen LogP contribution in [0.25, 0.3) is 21.8 Å². The number of para-hydroxylation sites is 2. The Bertz CT molecular complexity index is 2170. The molecule has 51 heavy (non-hydrogen) atoms. The van der Waals surface area contributed by atoms with Gasteiger partial charge in [-0.2, -0.15) is 0 Å². The smallest absolute Gasteiger partial charge is 0.252 e. The van der Waals surface area contributed by atoms with E-state index in [9.17, 15) is 9.59 Å². The van der Waals surface area contributed by atoms with E-state index in [1.165, 1.54) is 25.2 Å². The van der Waals surface area contributed by atoms with Crippen LogP contribution in [0.1, 0.15) is 0 Å². The van der Waals surface area contributed by atoms with E-state index in [-0.39, 0.29) is 11.1 Å². The summed E-state index contributed by atoms with van der Waals surface area (Å²) in [6, 6.07) is 34.0. The van der Waals surface area contributed by atoms with Crippen LogP contribution in [0.2, 0.25) is 0 Å². The first-order valence-corrected chi connectivity index (χ1v) is 18.2. The highest BCUT2D eigenvalue weighted by atomic mass is 127. The van der Waals surface area contributed by atoms with Crippen molar-refractivity contribution in [3.63, 3.8) is 0 Å². The first-order chi connectivity index (χ1) is 24.8. The Morgan fingerprint density at radius 3 is 1.61 bits per heavy atom. The molecule has 6 aromatic rings. The fourth-order valence-corrected chi connectivity index (χ4v) is 6.40. The lowest BCUT2D eigenvalue weighted by atomic mass is 10.2. The predicted molar refractivity (Wildman–Crippen MR) is 215 cm³/mol. The summed E-state index contributed by atoms with van der Waals surface area (Å²) in [4.78, 5) is 36.2. The van der Waals surface area contributed by atoms with E-state index in [0.717, 1.165) is 81.8 Å². The molecule has 3 N–H and O–H groups in total. The zero-order valence-corrected chi connectivity index (χ0v) is 31.1. The van der Waals surface area contributed by atoms with E-state index in [2.05, 4.69) is 72.7 Å². The van der Waals surface area contributed by atoms with Crippen LogP contribution in [0.4, 0.5) is 5.69 Å². The Labute approximate surface area is 311 Å². The molecule has 2 aliphatic rings. The van der Waals surface area contributed by atoms with Crippen molar-refractivity contribution in [1.29, 1.82) is 0 Å². The van der Waals surface area contributed by atoms with Crippen LogP contribution in [0.5, 0.6) is 23.0 Å². The van der Waals surface area contributed by atoms with Gasteiger partial charge in [-0.1, -0.05) is 36.4 Å².